The average molecular weight is 807 g/mol. The van der Waals surface area contributed by atoms with Gasteiger partial charge >= 0.3 is 0 Å². The van der Waals surface area contributed by atoms with E-state index in [0.29, 0.717) is 65.7 Å². The Labute approximate surface area is 347 Å². The number of nitro benzene ring substituents is 1. The monoisotopic (exact) mass is 806 g/mol. The summed E-state index contributed by atoms with van der Waals surface area (Å²) in [7, 11) is 7.83. The minimum atomic E-state index is -0.322. The average Bonchev–Trinajstić information content (AvgIpc) is 3.85. The number of non-ortho nitro benzene ring substituents is 1. The van der Waals surface area contributed by atoms with Crippen LogP contribution in [-0.4, -0.2) is 51.9 Å². The quantitative estimate of drug-likeness (QED) is 0.0607. The van der Waals surface area contributed by atoms with E-state index >= 15 is 0 Å². The molecule has 0 aliphatic heterocycles. The summed E-state index contributed by atoms with van der Waals surface area (Å²) in [5.41, 5.74) is 12.8. The third-order valence-corrected chi connectivity index (χ3v) is 13.7. The van der Waals surface area contributed by atoms with Gasteiger partial charge in [0, 0.05) is 99.8 Å². The lowest BCUT2D eigenvalue weighted by Crippen LogP contribution is -2.14. The summed E-state index contributed by atoms with van der Waals surface area (Å²) in [6.07, 6.45) is 0. The summed E-state index contributed by atoms with van der Waals surface area (Å²) in [6.45, 7) is 0. The van der Waals surface area contributed by atoms with Gasteiger partial charge in [0.2, 0.25) is 0 Å². The molecule has 0 bridgehead atoms. The number of nitrogens with two attached hydrogens (primary N) is 1. The summed E-state index contributed by atoms with van der Waals surface area (Å²) in [6, 6.07) is 31.1. The molecular formula is C50H30N8O4. The van der Waals surface area contributed by atoms with Gasteiger partial charge < -0.3 is 15.5 Å². The number of anilines is 3. The Bertz CT molecular complexity index is 4550. The fourth-order valence-corrected chi connectivity index (χ4v) is 11.1. The summed E-state index contributed by atoms with van der Waals surface area (Å²) in [5, 5.41) is 27.0. The van der Waals surface area contributed by atoms with Gasteiger partial charge in [-0.3, -0.25) is 28.5 Å². The van der Waals surface area contributed by atoms with Crippen molar-refractivity contribution in [2.45, 2.75) is 0 Å². The van der Waals surface area contributed by atoms with Gasteiger partial charge in [-0.2, -0.15) is 0 Å². The summed E-state index contributed by atoms with van der Waals surface area (Å²) >= 11 is 0. The maximum atomic E-state index is 14.5. The number of aromatic nitrogens is 4. The number of nitrogen functional groups attached to an aromatic ring is 1. The second kappa shape index (κ2) is 10.7. The van der Waals surface area contributed by atoms with Crippen LogP contribution >= 0.6 is 0 Å². The first-order valence-electron chi connectivity index (χ1n) is 20.3. The zero-order valence-corrected chi connectivity index (χ0v) is 33.6. The lowest BCUT2D eigenvalue weighted by molar-refractivity contribution is -0.382. The van der Waals surface area contributed by atoms with E-state index in [4.69, 9.17) is 15.7 Å². The highest BCUT2D eigenvalue weighted by Crippen LogP contribution is 2.52. The number of imidazole rings is 2. The van der Waals surface area contributed by atoms with Crippen LogP contribution in [0.3, 0.4) is 0 Å². The normalized spacial score (nSPS) is 12.8. The highest BCUT2D eigenvalue weighted by Gasteiger charge is 2.29. The van der Waals surface area contributed by atoms with Crippen molar-refractivity contribution < 1.29 is 4.92 Å². The minimum Gasteiger partial charge on any atom is -0.398 e. The number of fused-ring (bicyclic) bond motifs is 12. The minimum absolute atomic E-state index is 0.0625. The SMILES string of the molecule is CN(C)c1ccc2c(c1)nc1c3cc(N)c4c5ccc6c7ccc8c(=O)n9c%10ccc(N(C)C)cc%10nc9c9cc([N+](=O)[O-])c(c%10ccc(c%11ccc(c(=O)n21)c3c%114)c5c6%10)c7c89. The van der Waals surface area contributed by atoms with Crippen molar-refractivity contribution >= 4 is 153 Å². The van der Waals surface area contributed by atoms with E-state index < -0.39 is 0 Å². The fourth-order valence-electron chi connectivity index (χ4n) is 11.1. The lowest BCUT2D eigenvalue weighted by Gasteiger charge is -2.21. The Hall–Kier alpha value is -8.38. The molecule has 0 aliphatic rings. The van der Waals surface area contributed by atoms with Crippen LogP contribution in [0.25, 0.3) is 130 Å². The van der Waals surface area contributed by atoms with Crippen molar-refractivity contribution in [2.24, 2.45) is 0 Å². The summed E-state index contributed by atoms with van der Waals surface area (Å²) < 4.78 is 3.28. The van der Waals surface area contributed by atoms with E-state index in [9.17, 15) is 19.7 Å². The second-order valence-corrected chi connectivity index (χ2v) is 17.1. The Morgan fingerprint density at radius 2 is 0.887 bits per heavy atom. The lowest BCUT2D eigenvalue weighted by atomic mass is 9.82. The zero-order chi connectivity index (χ0) is 41.9. The van der Waals surface area contributed by atoms with Crippen LogP contribution in [0, 0.1) is 10.1 Å². The molecule has 12 heteroatoms. The van der Waals surface area contributed by atoms with E-state index in [1.54, 1.807) is 14.9 Å². The molecule has 10 aromatic carbocycles. The van der Waals surface area contributed by atoms with E-state index in [0.717, 1.165) is 81.7 Å². The molecule has 0 fully saturated rings. The Morgan fingerprint density at radius 3 is 1.37 bits per heavy atom. The molecule has 0 unspecified atom stereocenters. The molecule has 4 aromatic heterocycles. The van der Waals surface area contributed by atoms with E-state index in [2.05, 4.69) is 12.1 Å². The molecular weight excluding hydrogens is 777 g/mol. The van der Waals surface area contributed by atoms with Gasteiger partial charge in [0.1, 0.15) is 11.3 Å². The van der Waals surface area contributed by atoms with Crippen LogP contribution in [0.2, 0.25) is 0 Å². The Morgan fingerprint density at radius 1 is 0.484 bits per heavy atom. The smallest absolute Gasteiger partial charge is 0.278 e. The van der Waals surface area contributed by atoms with E-state index in [1.165, 1.54) is 0 Å². The van der Waals surface area contributed by atoms with E-state index in [-0.39, 0.29) is 21.7 Å². The van der Waals surface area contributed by atoms with Crippen molar-refractivity contribution in [1.82, 2.24) is 18.8 Å². The molecule has 0 radical (unpaired) electrons. The van der Waals surface area contributed by atoms with Crippen molar-refractivity contribution in [3.8, 4) is 0 Å². The molecule has 0 amide bonds. The van der Waals surface area contributed by atoms with Crippen LogP contribution in [-0.2, 0) is 0 Å². The topological polar surface area (TPSA) is 144 Å². The molecule has 0 saturated carbocycles. The molecule has 0 atom stereocenters. The number of benzene rings is 10. The van der Waals surface area contributed by atoms with Gasteiger partial charge in [0.25, 0.3) is 16.8 Å². The number of rotatable bonds is 3. The summed E-state index contributed by atoms with van der Waals surface area (Å²) in [5.74, 6) is 0. The van der Waals surface area contributed by atoms with Crippen LogP contribution in [0.1, 0.15) is 0 Å². The molecule has 12 nitrogen and oxygen atoms in total. The third kappa shape index (κ3) is 3.68. The third-order valence-electron chi connectivity index (χ3n) is 13.7. The molecule has 294 valence electrons. The predicted octanol–water partition coefficient (Wildman–Crippen LogP) is 9.76. The highest BCUT2D eigenvalue weighted by atomic mass is 16.6. The van der Waals surface area contributed by atoms with Crippen LogP contribution in [0.5, 0.6) is 0 Å². The Balaban J connectivity index is 1.15. The van der Waals surface area contributed by atoms with Crippen LogP contribution < -0.4 is 26.7 Å². The fraction of sp³-hybridized carbons (Fsp3) is 0.0800. The van der Waals surface area contributed by atoms with Crippen LogP contribution in [0.15, 0.2) is 107 Å². The molecule has 0 aliphatic carbocycles. The molecule has 0 spiro atoms. The summed E-state index contributed by atoms with van der Waals surface area (Å²) in [4.78, 5) is 56.0. The highest BCUT2D eigenvalue weighted by molar-refractivity contribution is 6.47. The first-order valence-corrected chi connectivity index (χ1v) is 20.3. The number of pyridine rings is 2. The largest absolute Gasteiger partial charge is 0.398 e. The van der Waals surface area contributed by atoms with Crippen molar-refractivity contribution in [1.29, 1.82) is 0 Å². The molecule has 2 N–H and O–H groups in total. The second-order valence-electron chi connectivity index (χ2n) is 17.1. The number of nitro groups is 1. The number of hydrogen-bond donors (Lipinski definition) is 1. The zero-order valence-electron chi connectivity index (χ0n) is 33.6. The standard InChI is InChI=1S/C50H30N8O4/c1-54(2)21-5-15-36-34(17-21)52-47-31-19-33(51)43-27-11-7-24-26-10-14-30-42-32(48-53-35-18-22(55(3)4)6-16-37(35)57(48)50(30)60)20-38(58(61)62)44(46(26)42)28-12-8-23(39(27)40(24)28)25-9-13-29(41(31)45(25)43)49(59)56(36)47/h5-20H,51H2,1-4H3. The van der Waals surface area contributed by atoms with Gasteiger partial charge in [-0.15, -0.1) is 0 Å². The van der Waals surface area contributed by atoms with Gasteiger partial charge in [0.05, 0.1) is 32.4 Å². The maximum Gasteiger partial charge on any atom is 0.278 e. The van der Waals surface area contributed by atoms with Gasteiger partial charge in [-0.25, -0.2) is 9.97 Å². The van der Waals surface area contributed by atoms with Gasteiger partial charge in [-0.1, -0.05) is 36.4 Å². The van der Waals surface area contributed by atoms with Gasteiger partial charge in [-0.05, 0) is 97.7 Å². The molecule has 4 heterocycles. The molecule has 62 heavy (non-hydrogen) atoms. The van der Waals surface area contributed by atoms with Crippen molar-refractivity contribution in [3.63, 3.8) is 0 Å². The maximum absolute atomic E-state index is 14.5. The van der Waals surface area contributed by atoms with Crippen molar-refractivity contribution in [2.75, 3.05) is 43.7 Å². The molecule has 14 rings (SSSR count). The first-order chi connectivity index (χ1) is 30.0. The van der Waals surface area contributed by atoms with Crippen LogP contribution in [0.4, 0.5) is 22.7 Å². The number of nitrogens with zero attached hydrogens (tertiary/aromatic N) is 7. The van der Waals surface area contributed by atoms with Gasteiger partial charge in [0.15, 0.2) is 0 Å². The predicted molar refractivity (Wildman–Crippen MR) is 254 cm³/mol. The van der Waals surface area contributed by atoms with E-state index in [1.807, 2.05) is 117 Å². The number of hydrogen-bond acceptors (Lipinski definition) is 9. The van der Waals surface area contributed by atoms with Crippen molar-refractivity contribution in [3.05, 3.63) is 128 Å². The Kier molecular flexibility index (Phi) is 5.76. The molecule has 0 saturated heterocycles. The first kappa shape index (κ1) is 33.5. The molecule has 14 aromatic rings.